The molecule has 4 saturated carbocycles. The van der Waals surface area contributed by atoms with E-state index in [9.17, 15) is 4.79 Å². The molecule has 7 heteroatoms. The number of aliphatic hydroxyl groups excluding tert-OH is 2. The van der Waals surface area contributed by atoms with E-state index >= 15 is 0 Å². The van der Waals surface area contributed by atoms with Crippen molar-refractivity contribution in [1.82, 2.24) is 4.90 Å². The van der Waals surface area contributed by atoms with Gasteiger partial charge in [0, 0.05) is 12.1 Å². The molecule has 2 unspecified atom stereocenters. The molecular formula is C21H37NO6. The van der Waals surface area contributed by atoms with Crippen LogP contribution in [0.25, 0.3) is 0 Å². The monoisotopic (exact) mass is 399 g/mol. The van der Waals surface area contributed by atoms with E-state index in [0.29, 0.717) is 49.7 Å². The molecule has 0 aromatic heterocycles. The van der Waals surface area contributed by atoms with E-state index < -0.39 is 0 Å². The van der Waals surface area contributed by atoms with Gasteiger partial charge in [-0.3, -0.25) is 0 Å². The molecule has 0 aliphatic heterocycles. The van der Waals surface area contributed by atoms with Crippen molar-refractivity contribution in [3.63, 3.8) is 0 Å². The van der Waals surface area contributed by atoms with Crippen molar-refractivity contribution in [2.45, 2.75) is 57.9 Å². The summed E-state index contributed by atoms with van der Waals surface area (Å²) in [4.78, 5) is 14.8. The lowest BCUT2D eigenvalue weighted by Crippen LogP contribution is -2.66. The summed E-state index contributed by atoms with van der Waals surface area (Å²) in [5.41, 5.74) is 0.428. The SMILES string of the molecule is C[C@]12CC3CC(N(CCOCCOCCO)C(=O)OCCO)(C1)C[C@@](C)(C3)C2. The second kappa shape index (κ2) is 8.86. The van der Waals surface area contributed by atoms with Gasteiger partial charge in [-0.25, -0.2) is 4.79 Å². The van der Waals surface area contributed by atoms with Gasteiger partial charge in [0.15, 0.2) is 0 Å². The minimum absolute atomic E-state index is 0.00565. The number of hydrogen-bond acceptors (Lipinski definition) is 6. The lowest BCUT2D eigenvalue weighted by Gasteiger charge is -2.67. The third-order valence-electron chi connectivity index (χ3n) is 6.77. The molecule has 2 N–H and O–H groups in total. The number of ether oxygens (including phenoxy) is 3. The first kappa shape index (κ1) is 21.8. The molecule has 4 rings (SSSR count). The van der Waals surface area contributed by atoms with Gasteiger partial charge in [0.2, 0.25) is 0 Å². The third kappa shape index (κ3) is 4.81. The predicted octanol–water partition coefficient (Wildman–Crippen LogP) is 2.19. The van der Waals surface area contributed by atoms with Gasteiger partial charge < -0.3 is 29.3 Å². The summed E-state index contributed by atoms with van der Waals surface area (Å²) < 4.78 is 16.2. The van der Waals surface area contributed by atoms with Crippen molar-refractivity contribution in [1.29, 1.82) is 0 Å². The fourth-order valence-electron chi connectivity index (χ4n) is 6.96. The largest absolute Gasteiger partial charge is 0.447 e. The van der Waals surface area contributed by atoms with Crippen molar-refractivity contribution < 1.29 is 29.2 Å². The summed E-state index contributed by atoms with van der Waals surface area (Å²) in [6.45, 7) is 6.73. The second-order valence-electron chi connectivity index (χ2n) is 9.79. The van der Waals surface area contributed by atoms with Gasteiger partial charge in [0.25, 0.3) is 0 Å². The zero-order valence-corrected chi connectivity index (χ0v) is 17.5. The van der Waals surface area contributed by atoms with Crippen molar-refractivity contribution in [3.05, 3.63) is 0 Å². The average Bonchev–Trinajstić information content (AvgIpc) is 2.58. The zero-order chi connectivity index (χ0) is 20.3. The molecule has 4 fully saturated rings. The topological polar surface area (TPSA) is 88.5 Å². The number of aliphatic hydroxyl groups is 2. The van der Waals surface area contributed by atoms with Crippen molar-refractivity contribution in [3.8, 4) is 0 Å². The van der Waals surface area contributed by atoms with E-state index in [4.69, 9.17) is 24.4 Å². The summed E-state index contributed by atoms with van der Waals surface area (Å²) in [5.74, 6) is 0.673. The number of carbonyl (C=O) groups is 1. The van der Waals surface area contributed by atoms with Crippen LogP contribution in [0.5, 0.6) is 0 Å². The van der Waals surface area contributed by atoms with Gasteiger partial charge >= 0.3 is 6.09 Å². The molecule has 4 atom stereocenters. The smallest absolute Gasteiger partial charge is 0.410 e. The molecule has 4 aliphatic rings. The lowest BCUT2D eigenvalue weighted by molar-refractivity contribution is -0.156. The van der Waals surface area contributed by atoms with Gasteiger partial charge in [0.1, 0.15) is 6.61 Å². The Balaban J connectivity index is 1.66. The highest BCUT2D eigenvalue weighted by Gasteiger charge is 2.62. The highest BCUT2D eigenvalue weighted by molar-refractivity contribution is 5.69. The van der Waals surface area contributed by atoms with E-state index in [1.165, 1.54) is 19.3 Å². The van der Waals surface area contributed by atoms with Gasteiger partial charge in [-0.05, 0) is 55.3 Å². The fraction of sp³-hybridized carbons (Fsp3) is 0.952. The molecule has 4 bridgehead atoms. The maximum atomic E-state index is 12.9. The van der Waals surface area contributed by atoms with Gasteiger partial charge in [0.05, 0.1) is 39.6 Å². The number of carbonyl (C=O) groups excluding carboxylic acids is 1. The molecule has 0 heterocycles. The third-order valence-corrected chi connectivity index (χ3v) is 6.77. The first-order valence-electron chi connectivity index (χ1n) is 10.7. The summed E-state index contributed by atoms with van der Waals surface area (Å²) in [6.07, 6.45) is 6.55. The normalized spacial score (nSPS) is 35.9. The van der Waals surface area contributed by atoms with Crippen LogP contribution in [-0.2, 0) is 14.2 Å². The summed E-state index contributed by atoms with van der Waals surface area (Å²) in [7, 11) is 0. The van der Waals surface area contributed by atoms with Crippen LogP contribution in [-0.4, -0.2) is 79.5 Å². The maximum absolute atomic E-state index is 12.9. The Morgan fingerprint density at radius 3 is 2.07 bits per heavy atom. The first-order valence-corrected chi connectivity index (χ1v) is 10.7. The van der Waals surface area contributed by atoms with Crippen LogP contribution >= 0.6 is 0 Å². The van der Waals surface area contributed by atoms with Crippen molar-refractivity contribution >= 4 is 6.09 Å². The zero-order valence-electron chi connectivity index (χ0n) is 17.5. The van der Waals surface area contributed by atoms with E-state index in [1.54, 1.807) is 0 Å². The Morgan fingerprint density at radius 1 is 0.893 bits per heavy atom. The van der Waals surface area contributed by atoms with E-state index in [1.807, 2.05) is 4.90 Å². The highest BCUT2D eigenvalue weighted by Crippen LogP contribution is 2.67. The van der Waals surface area contributed by atoms with Crippen LogP contribution in [0.15, 0.2) is 0 Å². The molecule has 0 spiro atoms. The lowest BCUT2D eigenvalue weighted by atomic mass is 9.42. The molecule has 0 aromatic rings. The molecule has 0 radical (unpaired) electrons. The summed E-state index contributed by atoms with van der Waals surface area (Å²) in [5, 5.41) is 17.8. The van der Waals surface area contributed by atoms with Crippen molar-refractivity contribution in [2.75, 3.05) is 52.8 Å². The average molecular weight is 400 g/mol. The van der Waals surface area contributed by atoms with E-state index in [2.05, 4.69) is 13.8 Å². The van der Waals surface area contributed by atoms with E-state index in [0.717, 1.165) is 19.3 Å². The standard InChI is InChI=1S/C21H37NO6/c1-19-11-17-12-20(2,14-19)16-21(13-17,15-19)22(18(25)28-8-5-24)3-6-26-9-10-27-7-4-23/h17,23-24H,3-16H2,1-2H3/t17?,19-,20+,21?. The molecule has 28 heavy (non-hydrogen) atoms. The first-order chi connectivity index (χ1) is 13.3. The quantitative estimate of drug-likeness (QED) is 0.518. The number of amides is 1. The Kier molecular flexibility index (Phi) is 6.90. The Bertz CT molecular complexity index is 523. The minimum atomic E-state index is -0.330. The molecule has 1 amide bonds. The van der Waals surface area contributed by atoms with Gasteiger partial charge in [-0.2, -0.15) is 0 Å². The van der Waals surface area contributed by atoms with Crippen LogP contribution in [0.2, 0.25) is 0 Å². The Labute approximate surface area is 168 Å². The maximum Gasteiger partial charge on any atom is 0.410 e. The van der Waals surface area contributed by atoms with Crippen LogP contribution in [0.1, 0.15) is 52.4 Å². The molecule has 0 aromatic carbocycles. The van der Waals surface area contributed by atoms with Gasteiger partial charge in [-0.15, -0.1) is 0 Å². The molecular weight excluding hydrogens is 362 g/mol. The molecule has 4 aliphatic carbocycles. The predicted molar refractivity (Wildman–Crippen MR) is 104 cm³/mol. The minimum Gasteiger partial charge on any atom is -0.447 e. The summed E-state index contributed by atoms with van der Waals surface area (Å²) >= 11 is 0. The highest BCUT2D eigenvalue weighted by atomic mass is 16.6. The number of hydrogen-bond donors (Lipinski definition) is 2. The fourth-order valence-corrected chi connectivity index (χ4v) is 6.96. The summed E-state index contributed by atoms with van der Waals surface area (Å²) in [6, 6.07) is 0. The second-order valence-corrected chi connectivity index (χ2v) is 9.79. The Morgan fingerprint density at radius 2 is 1.50 bits per heavy atom. The number of nitrogens with zero attached hydrogens (tertiary/aromatic N) is 1. The Hall–Kier alpha value is -0.890. The molecule has 7 nitrogen and oxygen atoms in total. The number of rotatable bonds is 11. The van der Waals surface area contributed by atoms with Crippen LogP contribution in [0.3, 0.4) is 0 Å². The molecule has 0 saturated heterocycles. The van der Waals surface area contributed by atoms with Crippen molar-refractivity contribution in [2.24, 2.45) is 16.7 Å². The molecule has 162 valence electrons. The van der Waals surface area contributed by atoms with Crippen LogP contribution in [0, 0.1) is 16.7 Å². The van der Waals surface area contributed by atoms with Crippen LogP contribution < -0.4 is 0 Å². The van der Waals surface area contributed by atoms with Gasteiger partial charge in [-0.1, -0.05) is 13.8 Å². The van der Waals surface area contributed by atoms with Crippen LogP contribution in [0.4, 0.5) is 4.79 Å². The van der Waals surface area contributed by atoms with E-state index in [-0.39, 0.29) is 31.5 Å².